The van der Waals surface area contributed by atoms with E-state index < -0.39 is 5.91 Å². The third kappa shape index (κ3) is 3.17. The van der Waals surface area contributed by atoms with Crippen LogP contribution in [-0.4, -0.2) is 16.0 Å². The number of carbonyl (C=O) groups excluding carboxylic acids is 1. The van der Waals surface area contributed by atoms with Crippen LogP contribution in [-0.2, 0) is 6.54 Å². The number of nitrogens with one attached hydrogen (secondary N) is 1. The summed E-state index contributed by atoms with van der Waals surface area (Å²) in [5.74, 6) is -0.696. The van der Waals surface area contributed by atoms with Gasteiger partial charge in [-0.2, -0.15) is 4.98 Å². The minimum Gasteiger partial charge on any atom is -0.344 e. The fourth-order valence-electron chi connectivity index (χ4n) is 1.89. The fourth-order valence-corrected chi connectivity index (χ4v) is 1.89. The number of amides is 1. The molecule has 110 valence electrons. The monoisotopic (exact) mass is 297 g/mol. The highest BCUT2D eigenvalue weighted by atomic mass is 19.1. The summed E-state index contributed by atoms with van der Waals surface area (Å²) in [6, 6.07) is 15.1. The molecule has 2 aromatic carbocycles. The molecule has 22 heavy (non-hydrogen) atoms. The van der Waals surface area contributed by atoms with E-state index in [1.807, 2.05) is 30.3 Å². The number of hydrogen-bond acceptors (Lipinski definition) is 4. The van der Waals surface area contributed by atoms with Gasteiger partial charge in [0, 0.05) is 12.1 Å². The molecule has 0 aliphatic carbocycles. The zero-order chi connectivity index (χ0) is 15.4. The summed E-state index contributed by atoms with van der Waals surface area (Å²) in [5.41, 5.74) is 1.54. The molecular weight excluding hydrogens is 285 g/mol. The van der Waals surface area contributed by atoms with E-state index in [1.165, 1.54) is 24.3 Å². The van der Waals surface area contributed by atoms with Gasteiger partial charge in [0.15, 0.2) is 0 Å². The normalized spacial score (nSPS) is 10.4. The van der Waals surface area contributed by atoms with Crippen molar-refractivity contribution in [1.29, 1.82) is 0 Å². The lowest BCUT2D eigenvalue weighted by molar-refractivity contribution is 0.0907. The van der Waals surface area contributed by atoms with Crippen LogP contribution in [0.3, 0.4) is 0 Å². The molecule has 6 heteroatoms. The van der Waals surface area contributed by atoms with Gasteiger partial charge >= 0.3 is 11.8 Å². The Morgan fingerprint density at radius 1 is 1.09 bits per heavy atom. The molecule has 0 radical (unpaired) electrons. The van der Waals surface area contributed by atoms with Crippen LogP contribution in [0.15, 0.2) is 59.1 Å². The average Bonchev–Trinajstić information content (AvgIpc) is 3.04. The number of hydrogen-bond donors (Lipinski definition) is 1. The van der Waals surface area contributed by atoms with E-state index in [0.717, 1.165) is 5.56 Å². The first kappa shape index (κ1) is 13.9. The van der Waals surface area contributed by atoms with Gasteiger partial charge in [-0.1, -0.05) is 35.5 Å². The Balaban J connectivity index is 1.68. The summed E-state index contributed by atoms with van der Waals surface area (Å²) in [7, 11) is 0. The van der Waals surface area contributed by atoms with E-state index in [2.05, 4.69) is 15.5 Å². The molecule has 0 saturated carbocycles. The predicted molar refractivity (Wildman–Crippen MR) is 77.3 cm³/mol. The predicted octanol–water partition coefficient (Wildman–Crippen LogP) is 2.81. The Kier molecular flexibility index (Phi) is 3.91. The molecule has 0 bridgehead atoms. The number of nitrogens with zero attached hydrogens (tertiary/aromatic N) is 2. The summed E-state index contributed by atoms with van der Waals surface area (Å²) < 4.78 is 17.8. The molecule has 0 unspecified atom stereocenters. The van der Waals surface area contributed by atoms with Crippen molar-refractivity contribution in [2.45, 2.75) is 6.54 Å². The van der Waals surface area contributed by atoms with Gasteiger partial charge in [0.1, 0.15) is 5.82 Å². The highest BCUT2D eigenvalue weighted by molar-refractivity contribution is 5.89. The van der Waals surface area contributed by atoms with Crippen LogP contribution in [0.1, 0.15) is 16.2 Å². The Labute approximate surface area is 125 Å². The Morgan fingerprint density at radius 2 is 1.82 bits per heavy atom. The van der Waals surface area contributed by atoms with Crippen LogP contribution in [0.25, 0.3) is 11.4 Å². The van der Waals surface area contributed by atoms with Crippen LogP contribution >= 0.6 is 0 Å². The minimum atomic E-state index is -0.454. The quantitative estimate of drug-likeness (QED) is 0.804. The maximum absolute atomic E-state index is 12.9. The third-order valence-corrected chi connectivity index (χ3v) is 3.02. The molecule has 0 atom stereocenters. The van der Waals surface area contributed by atoms with Crippen molar-refractivity contribution in [3.63, 3.8) is 0 Å². The SMILES string of the molecule is O=C(NCc1ccccc1)c1nc(-c2ccc(F)cc2)no1. The van der Waals surface area contributed by atoms with Crippen LogP contribution < -0.4 is 5.32 Å². The van der Waals surface area contributed by atoms with E-state index in [4.69, 9.17) is 4.52 Å². The highest BCUT2D eigenvalue weighted by Gasteiger charge is 2.15. The lowest BCUT2D eigenvalue weighted by atomic mass is 10.2. The van der Waals surface area contributed by atoms with Crippen LogP contribution in [0, 0.1) is 5.82 Å². The first-order valence-corrected chi connectivity index (χ1v) is 6.64. The smallest absolute Gasteiger partial charge is 0.316 e. The summed E-state index contributed by atoms with van der Waals surface area (Å²) in [6.07, 6.45) is 0. The summed E-state index contributed by atoms with van der Waals surface area (Å²) in [4.78, 5) is 16.0. The molecule has 0 saturated heterocycles. The summed E-state index contributed by atoms with van der Waals surface area (Å²) in [6.45, 7) is 0.369. The van der Waals surface area contributed by atoms with Crippen molar-refractivity contribution in [2.75, 3.05) is 0 Å². The molecule has 1 aromatic heterocycles. The summed E-state index contributed by atoms with van der Waals surface area (Å²) in [5, 5.41) is 6.42. The largest absolute Gasteiger partial charge is 0.344 e. The average molecular weight is 297 g/mol. The summed E-state index contributed by atoms with van der Waals surface area (Å²) >= 11 is 0. The third-order valence-electron chi connectivity index (χ3n) is 3.02. The molecule has 0 spiro atoms. The highest BCUT2D eigenvalue weighted by Crippen LogP contribution is 2.16. The first-order valence-electron chi connectivity index (χ1n) is 6.64. The lowest BCUT2D eigenvalue weighted by Gasteiger charge is -2.01. The molecule has 0 aliphatic rings. The van der Waals surface area contributed by atoms with Gasteiger partial charge in [-0.15, -0.1) is 0 Å². The van der Waals surface area contributed by atoms with E-state index in [0.29, 0.717) is 12.1 Å². The van der Waals surface area contributed by atoms with Gasteiger partial charge in [0.25, 0.3) is 0 Å². The van der Waals surface area contributed by atoms with Gasteiger partial charge in [-0.25, -0.2) is 4.39 Å². The molecule has 1 amide bonds. The van der Waals surface area contributed by atoms with Crippen molar-refractivity contribution < 1.29 is 13.7 Å². The second-order valence-corrected chi connectivity index (χ2v) is 4.60. The molecular formula is C16H12FN3O2. The Bertz CT molecular complexity index is 770. The number of halogens is 1. The number of benzene rings is 2. The number of aromatic nitrogens is 2. The number of carbonyl (C=O) groups is 1. The molecule has 1 heterocycles. The van der Waals surface area contributed by atoms with Crippen LogP contribution in [0.2, 0.25) is 0 Å². The van der Waals surface area contributed by atoms with Gasteiger partial charge in [-0.3, -0.25) is 4.79 Å². The topological polar surface area (TPSA) is 68.0 Å². The Morgan fingerprint density at radius 3 is 2.55 bits per heavy atom. The molecule has 0 fully saturated rings. The van der Waals surface area contributed by atoms with Crippen molar-refractivity contribution in [3.05, 3.63) is 71.9 Å². The van der Waals surface area contributed by atoms with Gasteiger partial charge in [0.05, 0.1) is 0 Å². The maximum atomic E-state index is 12.9. The second kappa shape index (κ2) is 6.17. The zero-order valence-electron chi connectivity index (χ0n) is 11.5. The first-order chi connectivity index (χ1) is 10.7. The lowest BCUT2D eigenvalue weighted by Crippen LogP contribution is -2.23. The molecule has 3 rings (SSSR count). The Hall–Kier alpha value is -3.02. The van der Waals surface area contributed by atoms with E-state index in [9.17, 15) is 9.18 Å². The van der Waals surface area contributed by atoms with Crippen molar-refractivity contribution in [3.8, 4) is 11.4 Å². The second-order valence-electron chi connectivity index (χ2n) is 4.60. The van der Waals surface area contributed by atoms with Crippen molar-refractivity contribution in [1.82, 2.24) is 15.5 Å². The van der Waals surface area contributed by atoms with E-state index in [-0.39, 0.29) is 17.5 Å². The zero-order valence-corrected chi connectivity index (χ0v) is 11.5. The van der Waals surface area contributed by atoms with Crippen LogP contribution in [0.4, 0.5) is 4.39 Å². The van der Waals surface area contributed by atoms with Crippen molar-refractivity contribution in [2.24, 2.45) is 0 Å². The fraction of sp³-hybridized carbons (Fsp3) is 0.0625. The van der Waals surface area contributed by atoms with Gasteiger partial charge in [0.2, 0.25) is 5.82 Å². The molecule has 0 aliphatic heterocycles. The van der Waals surface area contributed by atoms with Crippen LogP contribution in [0.5, 0.6) is 0 Å². The van der Waals surface area contributed by atoms with Crippen molar-refractivity contribution >= 4 is 5.91 Å². The van der Waals surface area contributed by atoms with Gasteiger partial charge < -0.3 is 9.84 Å². The molecule has 1 N–H and O–H groups in total. The molecule has 5 nitrogen and oxygen atoms in total. The maximum Gasteiger partial charge on any atom is 0.316 e. The van der Waals surface area contributed by atoms with Gasteiger partial charge in [-0.05, 0) is 29.8 Å². The molecule has 3 aromatic rings. The minimum absolute atomic E-state index is 0.129. The van der Waals surface area contributed by atoms with E-state index >= 15 is 0 Å². The van der Waals surface area contributed by atoms with E-state index in [1.54, 1.807) is 0 Å². The standard InChI is InChI=1S/C16H12FN3O2/c17-13-8-6-12(7-9-13)14-19-16(22-20-14)15(21)18-10-11-4-2-1-3-5-11/h1-9H,10H2,(H,18,21). The number of rotatable bonds is 4.